The molecule has 22 heavy (non-hydrogen) atoms. The monoisotopic (exact) mass is 301 g/mol. The molecule has 0 aliphatic carbocycles. The van der Waals surface area contributed by atoms with Gasteiger partial charge in [-0.3, -0.25) is 10.1 Å². The number of fused-ring (bicyclic) bond motifs is 1. The predicted molar refractivity (Wildman–Crippen MR) is 78.4 cm³/mol. The summed E-state index contributed by atoms with van der Waals surface area (Å²) in [5.74, 6) is -0.250. The Bertz CT molecular complexity index is 860. The van der Waals surface area contributed by atoms with Gasteiger partial charge in [0.05, 0.1) is 17.2 Å². The van der Waals surface area contributed by atoms with Crippen molar-refractivity contribution < 1.29 is 14.1 Å². The van der Waals surface area contributed by atoms with E-state index in [4.69, 9.17) is 4.74 Å². The fourth-order valence-electron chi connectivity index (χ4n) is 2.21. The van der Waals surface area contributed by atoms with Gasteiger partial charge in [-0.1, -0.05) is 0 Å². The molecule has 0 fully saturated rings. The van der Waals surface area contributed by atoms with Crippen LogP contribution in [0, 0.1) is 15.9 Å². The topological polar surface area (TPSA) is 69.7 Å². The van der Waals surface area contributed by atoms with Crippen molar-refractivity contribution in [2.75, 3.05) is 6.61 Å². The summed E-state index contributed by atoms with van der Waals surface area (Å²) in [6.45, 7) is 2.38. The Kier molecular flexibility index (Phi) is 3.46. The number of benzene rings is 1. The zero-order chi connectivity index (χ0) is 15.7. The van der Waals surface area contributed by atoms with Crippen molar-refractivity contribution >= 4 is 11.3 Å². The van der Waals surface area contributed by atoms with Gasteiger partial charge in [-0.15, -0.1) is 0 Å². The molecule has 3 rings (SSSR count). The zero-order valence-corrected chi connectivity index (χ0v) is 11.7. The van der Waals surface area contributed by atoms with Crippen LogP contribution in [0.1, 0.15) is 6.92 Å². The minimum absolute atomic E-state index is 0.472. The summed E-state index contributed by atoms with van der Waals surface area (Å²) in [5, 5.41) is 10.8. The molecule has 3 aromatic rings. The average Bonchev–Trinajstić information content (AvgIpc) is 2.93. The quantitative estimate of drug-likeness (QED) is 0.546. The molecule has 2 aromatic heterocycles. The number of aromatic nitrogens is 2. The lowest BCUT2D eigenvalue weighted by molar-refractivity contribution is -0.387. The number of hydrogen-bond acceptors (Lipinski definition) is 4. The van der Waals surface area contributed by atoms with Gasteiger partial charge in [0.2, 0.25) is 5.82 Å². The van der Waals surface area contributed by atoms with Crippen molar-refractivity contribution in [1.29, 1.82) is 0 Å². The van der Waals surface area contributed by atoms with Gasteiger partial charge in [-0.2, -0.15) is 4.39 Å². The maximum atomic E-state index is 13.4. The molecular formula is C15H12FN3O3. The van der Waals surface area contributed by atoms with Crippen LogP contribution < -0.4 is 4.74 Å². The van der Waals surface area contributed by atoms with E-state index in [2.05, 4.69) is 4.98 Å². The zero-order valence-electron chi connectivity index (χ0n) is 11.7. The van der Waals surface area contributed by atoms with Crippen molar-refractivity contribution in [3.63, 3.8) is 0 Å². The van der Waals surface area contributed by atoms with Gasteiger partial charge in [0, 0.05) is 24.0 Å². The Morgan fingerprint density at radius 3 is 2.95 bits per heavy atom. The number of hydrogen-bond donors (Lipinski definition) is 0. The predicted octanol–water partition coefficient (Wildman–Crippen LogP) is 3.45. The SMILES string of the molecule is CCOc1cccn2cc(-c3ccc(F)c([N+](=O)[O-])c3)nc12. The van der Waals surface area contributed by atoms with Crippen LogP contribution in [0.5, 0.6) is 5.75 Å². The van der Waals surface area contributed by atoms with E-state index < -0.39 is 16.4 Å². The summed E-state index contributed by atoms with van der Waals surface area (Å²) in [5.41, 5.74) is 1.01. The Balaban J connectivity index is 2.13. The number of halogens is 1. The van der Waals surface area contributed by atoms with E-state index in [9.17, 15) is 14.5 Å². The van der Waals surface area contributed by atoms with E-state index in [1.54, 1.807) is 22.9 Å². The van der Waals surface area contributed by atoms with Crippen LogP contribution in [0.4, 0.5) is 10.1 Å². The van der Waals surface area contributed by atoms with Crippen molar-refractivity contribution in [2.45, 2.75) is 6.92 Å². The van der Waals surface area contributed by atoms with Gasteiger partial charge < -0.3 is 9.14 Å². The van der Waals surface area contributed by atoms with Gasteiger partial charge >= 0.3 is 5.69 Å². The average molecular weight is 301 g/mol. The molecule has 0 saturated heterocycles. The lowest BCUT2D eigenvalue weighted by atomic mass is 10.1. The molecule has 7 heteroatoms. The highest BCUT2D eigenvalue weighted by Crippen LogP contribution is 2.28. The molecular weight excluding hydrogens is 289 g/mol. The molecule has 0 radical (unpaired) electrons. The molecule has 0 N–H and O–H groups in total. The van der Waals surface area contributed by atoms with Crippen molar-refractivity contribution in [1.82, 2.24) is 9.38 Å². The van der Waals surface area contributed by atoms with E-state index in [0.29, 0.717) is 29.3 Å². The van der Waals surface area contributed by atoms with E-state index in [-0.39, 0.29) is 0 Å². The first kappa shape index (κ1) is 14.0. The van der Waals surface area contributed by atoms with Crippen LogP contribution in [0.15, 0.2) is 42.7 Å². The third-order valence-corrected chi connectivity index (χ3v) is 3.19. The van der Waals surface area contributed by atoms with Gasteiger partial charge in [0.1, 0.15) is 0 Å². The number of ether oxygens (including phenoxy) is 1. The van der Waals surface area contributed by atoms with Gasteiger partial charge in [0.15, 0.2) is 11.4 Å². The third-order valence-electron chi connectivity index (χ3n) is 3.19. The second-order valence-electron chi connectivity index (χ2n) is 4.59. The Morgan fingerprint density at radius 1 is 1.41 bits per heavy atom. The van der Waals surface area contributed by atoms with Gasteiger partial charge in [-0.05, 0) is 31.2 Å². The summed E-state index contributed by atoms with van der Waals surface area (Å²) in [6, 6.07) is 7.32. The molecule has 0 aliphatic rings. The maximum absolute atomic E-state index is 13.4. The number of pyridine rings is 1. The summed E-state index contributed by atoms with van der Waals surface area (Å²) >= 11 is 0. The van der Waals surface area contributed by atoms with E-state index in [1.165, 1.54) is 12.1 Å². The van der Waals surface area contributed by atoms with E-state index in [0.717, 1.165) is 6.07 Å². The highest BCUT2D eigenvalue weighted by molar-refractivity contribution is 5.67. The highest BCUT2D eigenvalue weighted by atomic mass is 19.1. The number of imidazole rings is 1. The first-order valence-corrected chi connectivity index (χ1v) is 6.65. The third kappa shape index (κ3) is 2.37. The van der Waals surface area contributed by atoms with Crippen LogP contribution in [-0.4, -0.2) is 20.9 Å². The normalized spacial score (nSPS) is 10.8. The van der Waals surface area contributed by atoms with Crippen LogP contribution in [0.2, 0.25) is 0 Å². The summed E-state index contributed by atoms with van der Waals surface area (Å²) in [7, 11) is 0. The second-order valence-corrected chi connectivity index (χ2v) is 4.59. The van der Waals surface area contributed by atoms with Crippen LogP contribution in [0.3, 0.4) is 0 Å². The van der Waals surface area contributed by atoms with Gasteiger partial charge in [-0.25, -0.2) is 4.98 Å². The minimum atomic E-state index is -0.868. The smallest absolute Gasteiger partial charge is 0.305 e. The maximum Gasteiger partial charge on any atom is 0.305 e. The largest absolute Gasteiger partial charge is 0.490 e. The minimum Gasteiger partial charge on any atom is -0.490 e. The lowest BCUT2D eigenvalue weighted by Gasteiger charge is -2.03. The molecule has 0 spiro atoms. The fourth-order valence-corrected chi connectivity index (χ4v) is 2.21. The first-order chi connectivity index (χ1) is 10.6. The molecule has 0 saturated carbocycles. The van der Waals surface area contributed by atoms with Gasteiger partial charge in [0.25, 0.3) is 0 Å². The van der Waals surface area contributed by atoms with E-state index in [1.807, 2.05) is 13.0 Å². The summed E-state index contributed by atoms with van der Waals surface area (Å²) in [6.07, 6.45) is 3.51. The standard InChI is InChI=1S/C15H12FN3O3/c1-2-22-14-4-3-7-18-9-12(17-15(14)18)10-5-6-11(16)13(8-10)19(20)21/h3-9H,2H2,1H3. The summed E-state index contributed by atoms with van der Waals surface area (Å²) < 4.78 is 20.7. The molecule has 0 unspecified atom stereocenters. The number of nitro benzene ring substituents is 1. The Hall–Kier alpha value is -2.96. The van der Waals surface area contributed by atoms with E-state index >= 15 is 0 Å². The number of rotatable bonds is 4. The molecule has 1 aromatic carbocycles. The molecule has 0 bridgehead atoms. The Labute approximate surface area is 124 Å². The highest BCUT2D eigenvalue weighted by Gasteiger charge is 2.17. The van der Waals surface area contributed by atoms with Crippen LogP contribution in [0.25, 0.3) is 16.9 Å². The first-order valence-electron chi connectivity index (χ1n) is 6.65. The number of nitro groups is 1. The molecule has 6 nitrogen and oxygen atoms in total. The fraction of sp³-hybridized carbons (Fsp3) is 0.133. The molecule has 0 aliphatic heterocycles. The van der Waals surface area contributed by atoms with Crippen molar-refractivity contribution in [2.24, 2.45) is 0 Å². The van der Waals surface area contributed by atoms with Crippen LogP contribution >= 0.6 is 0 Å². The van der Waals surface area contributed by atoms with Crippen molar-refractivity contribution in [3.05, 3.63) is 58.7 Å². The number of nitrogens with zero attached hydrogens (tertiary/aromatic N) is 3. The lowest BCUT2D eigenvalue weighted by Crippen LogP contribution is -1.94. The van der Waals surface area contributed by atoms with Crippen LogP contribution in [-0.2, 0) is 0 Å². The molecule has 2 heterocycles. The molecule has 112 valence electrons. The summed E-state index contributed by atoms with van der Waals surface area (Å²) in [4.78, 5) is 14.5. The van der Waals surface area contributed by atoms with Crippen molar-refractivity contribution in [3.8, 4) is 17.0 Å². The second kappa shape index (κ2) is 5.44. The Morgan fingerprint density at radius 2 is 2.23 bits per heavy atom. The molecule has 0 atom stereocenters. The molecule has 0 amide bonds.